The number of nitrogens with one attached hydrogen (secondary N) is 1. The third kappa shape index (κ3) is 3.77. The molecule has 0 bridgehead atoms. The first-order valence-corrected chi connectivity index (χ1v) is 11.0. The predicted octanol–water partition coefficient (Wildman–Crippen LogP) is 4.61. The fourth-order valence-electron chi connectivity index (χ4n) is 4.24. The van der Waals surface area contributed by atoms with Gasteiger partial charge in [-0.1, -0.05) is 19.1 Å². The summed E-state index contributed by atoms with van der Waals surface area (Å²) in [6, 6.07) is 12.3. The van der Waals surface area contributed by atoms with E-state index in [-0.39, 0.29) is 18.0 Å². The van der Waals surface area contributed by atoms with Crippen LogP contribution in [0.5, 0.6) is 5.75 Å². The fraction of sp³-hybridized carbons (Fsp3) is 0.192. The molecule has 3 heterocycles. The molecule has 0 fully saturated rings. The van der Waals surface area contributed by atoms with Crippen molar-refractivity contribution in [3.05, 3.63) is 88.6 Å². The smallest absolute Gasteiger partial charge is 0.250 e. The molecule has 0 atom stereocenters. The highest BCUT2D eigenvalue weighted by atomic mass is 19.1. The standard InChI is InChI=1S/C26H24FN5O2/c1-4-16-10-18(11-21(27)25(16)19-6-5-7-23-26(19)28-15-32(23)3)34-14-22-20(12-29-30-22)17-8-9-24(33)31(2)13-17/h5-13,15H,4,14H2,1-3H3,(H,29,30). The lowest BCUT2D eigenvalue weighted by atomic mass is 9.96. The number of imidazole rings is 1. The van der Waals surface area contributed by atoms with Gasteiger partial charge < -0.3 is 13.9 Å². The molecule has 34 heavy (non-hydrogen) atoms. The van der Waals surface area contributed by atoms with Gasteiger partial charge in [-0.25, -0.2) is 9.37 Å². The molecule has 0 amide bonds. The molecule has 0 aliphatic heterocycles. The molecule has 0 aliphatic carbocycles. The van der Waals surface area contributed by atoms with Gasteiger partial charge in [0, 0.05) is 54.7 Å². The maximum atomic E-state index is 15.4. The van der Waals surface area contributed by atoms with E-state index < -0.39 is 0 Å². The number of benzene rings is 2. The number of nitrogens with zero attached hydrogens (tertiary/aromatic N) is 4. The van der Waals surface area contributed by atoms with Gasteiger partial charge in [0.2, 0.25) is 5.56 Å². The number of pyridine rings is 1. The Labute approximate surface area is 195 Å². The van der Waals surface area contributed by atoms with Gasteiger partial charge in [0.15, 0.2) is 0 Å². The number of aromatic nitrogens is 5. The Bertz CT molecular complexity index is 1560. The van der Waals surface area contributed by atoms with Crippen LogP contribution in [-0.4, -0.2) is 24.3 Å². The van der Waals surface area contributed by atoms with Crippen LogP contribution in [0.25, 0.3) is 33.3 Å². The number of para-hydroxylation sites is 1. The lowest BCUT2D eigenvalue weighted by Crippen LogP contribution is -2.14. The van der Waals surface area contributed by atoms with Gasteiger partial charge >= 0.3 is 0 Å². The minimum Gasteiger partial charge on any atom is -0.487 e. The average molecular weight is 458 g/mol. The number of aryl methyl sites for hydroxylation is 3. The number of hydrogen-bond acceptors (Lipinski definition) is 4. The lowest BCUT2D eigenvalue weighted by molar-refractivity contribution is 0.300. The third-order valence-corrected chi connectivity index (χ3v) is 6.05. The average Bonchev–Trinajstić information content (AvgIpc) is 3.46. The highest BCUT2D eigenvalue weighted by molar-refractivity contribution is 5.93. The van der Waals surface area contributed by atoms with Gasteiger partial charge in [-0.3, -0.25) is 9.89 Å². The summed E-state index contributed by atoms with van der Waals surface area (Å²) in [4.78, 5) is 16.2. The van der Waals surface area contributed by atoms with E-state index in [0.29, 0.717) is 17.7 Å². The van der Waals surface area contributed by atoms with Gasteiger partial charge in [-0.15, -0.1) is 0 Å². The maximum Gasteiger partial charge on any atom is 0.250 e. The van der Waals surface area contributed by atoms with Crippen LogP contribution in [0.4, 0.5) is 4.39 Å². The van der Waals surface area contributed by atoms with Crippen molar-refractivity contribution < 1.29 is 9.13 Å². The topological polar surface area (TPSA) is 77.7 Å². The third-order valence-electron chi connectivity index (χ3n) is 6.05. The summed E-state index contributed by atoms with van der Waals surface area (Å²) in [7, 11) is 3.62. The summed E-state index contributed by atoms with van der Waals surface area (Å²) in [5.74, 6) is 0.0858. The molecule has 0 aliphatic rings. The van der Waals surface area contributed by atoms with Crippen molar-refractivity contribution in [2.45, 2.75) is 20.0 Å². The summed E-state index contributed by atoms with van der Waals surface area (Å²) in [5.41, 5.74) is 6.19. The van der Waals surface area contributed by atoms with Crippen LogP contribution in [0.3, 0.4) is 0 Å². The molecular weight excluding hydrogens is 433 g/mol. The van der Waals surface area contributed by atoms with Crippen LogP contribution in [-0.2, 0) is 27.1 Å². The Hall–Kier alpha value is -4.20. The van der Waals surface area contributed by atoms with E-state index >= 15 is 4.39 Å². The second kappa shape index (κ2) is 8.62. The van der Waals surface area contributed by atoms with E-state index in [4.69, 9.17) is 4.74 Å². The SMILES string of the molecule is CCc1cc(OCc2[nH]ncc2-c2ccc(=O)n(C)c2)cc(F)c1-c1cccc2c1ncn2C. The summed E-state index contributed by atoms with van der Waals surface area (Å²) in [5, 5.41) is 7.07. The van der Waals surface area contributed by atoms with E-state index in [1.807, 2.05) is 42.8 Å². The number of H-pyrrole nitrogens is 1. The van der Waals surface area contributed by atoms with E-state index in [1.54, 1.807) is 31.8 Å². The molecule has 0 spiro atoms. The second-order valence-corrected chi connectivity index (χ2v) is 8.24. The maximum absolute atomic E-state index is 15.4. The molecule has 172 valence electrons. The van der Waals surface area contributed by atoms with Crippen molar-refractivity contribution in [2.24, 2.45) is 14.1 Å². The van der Waals surface area contributed by atoms with E-state index in [9.17, 15) is 4.79 Å². The molecule has 5 aromatic rings. The zero-order valence-corrected chi connectivity index (χ0v) is 19.2. The van der Waals surface area contributed by atoms with Crippen LogP contribution in [0.2, 0.25) is 0 Å². The number of ether oxygens (including phenoxy) is 1. The molecule has 0 saturated carbocycles. The monoisotopic (exact) mass is 457 g/mol. The van der Waals surface area contributed by atoms with Crippen LogP contribution >= 0.6 is 0 Å². The Kier molecular flexibility index (Phi) is 5.49. The molecule has 7 nitrogen and oxygen atoms in total. The zero-order valence-electron chi connectivity index (χ0n) is 19.2. The Morgan fingerprint density at radius 2 is 1.94 bits per heavy atom. The first kappa shape index (κ1) is 21.6. The van der Waals surface area contributed by atoms with Crippen molar-refractivity contribution in [1.29, 1.82) is 0 Å². The van der Waals surface area contributed by atoms with Gasteiger partial charge in [-0.05, 0) is 30.2 Å². The minimum absolute atomic E-state index is 0.0888. The number of halogens is 1. The molecule has 5 rings (SSSR count). The molecule has 3 aromatic heterocycles. The van der Waals surface area contributed by atoms with E-state index in [0.717, 1.165) is 39.0 Å². The highest BCUT2D eigenvalue weighted by Crippen LogP contribution is 2.35. The summed E-state index contributed by atoms with van der Waals surface area (Å²) in [6.07, 6.45) is 5.81. The van der Waals surface area contributed by atoms with Crippen molar-refractivity contribution >= 4 is 11.0 Å². The Morgan fingerprint density at radius 3 is 2.74 bits per heavy atom. The second-order valence-electron chi connectivity index (χ2n) is 8.24. The lowest BCUT2D eigenvalue weighted by Gasteiger charge is -2.14. The molecule has 2 aromatic carbocycles. The van der Waals surface area contributed by atoms with E-state index in [1.165, 1.54) is 16.7 Å². The predicted molar refractivity (Wildman–Crippen MR) is 129 cm³/mol. The van der Waals surface area contributed by atoms with Crippen molar-refractivity contribution in [2.75, 3.05) is 0 Å². The van der Waals surface area contributed by atoms with Crippen LogP contribution in [0.1, 0.15) is 18.2 Å². The molecule has 1 N–H and O–H groups in total. The van der Waals surface area contributed by atoms with Gasteiger partial charge in [0.05, 0.1) is 29.3 Å². The molecule has 8 heteroatoms. The summed E-state index contributed by atoms with van der Waals surface area (Å²) < 4.78 is 24.8. The number of fused-ring (bicyclic) bond motifs is 1. The fourth-order valence-corrected chi connectivity index (χ4v) is 4.24. The van der Waals surface area contributed by atoms with Crippen molar-refractivity contribution in [1.82, 2.24) is 24.3 Å². The minimum atomic E-state index is -0.351. The van der Waals surface area contributed by atoms with Gasteiger partial charge in [-0.2, -0.15) is 5.10 Å². The normalized spacial score (nSPS) is 11.3. The van der Waals surface area contributed by atoms with Gasteiger partial charge in [0.1, 0.15) is 18.2 Å². The number of aromatic amines is 1. The molecule has 0 radical (unpaired) electrons. The Morgan fingerprint density at radius 1 is 1.09 bits per heavy atom. The zero-order chi connectivity index (χ0) is 23.8. The van der Waals surface area contributed by atoms with Crippen molar-refractivity contribution in [3.63, 3.8) is 0 Å². The highest BCUT2D eigenvalue weighted by Gasteiger charge is 2.17. The first-order chi connectivity index (χ1) is 16.5. The molecule has 0 unspecified atom stereocenters. The van der Waals surface area contributed by atoms with Gasteiger partial charge in [0.25, 0.3) is 0 Å². The van der Waals surface area contributed by atoms with Crippen LogP contribution in [0, 0.1) is 5.82 Å². The number of rotatable bonds is 6. The first-order valence-electron chi connectivity index (χ1n) is 11.0. The summed E-state index contributed by atoms with van der Waals surface area (Å²) >= 11 is 0. The van der Waals surface area contributed by atoms with Crippen LogP contribution < -0.4 is 10.3 Å². The Balaban J connectivity index is 1.46. The van der Waals surface area contributed by atoms with Crippen LogP contribution in [0.15, 0.2) is 66.0 Å². The molecular formula is C26H24FN5O2. The van der Waals surface area contributed by atoms with E-state index in [2.05, 4.69) is 15.2 Å². The summed E-state index contributed by atoms with van der Waals surface area (Å²) in [6.45, 7) is 2.17. The quantitative estimate of drug-likeness (QED) is 0.404. The number of hydrogen-bond donors (Lipinski definition) is 1. The largest absolute Gasteiger partial charge is 0.487 e. The van der Waals surface area contributed by atoms with Crippen molar-refractivity contribution in [3.8, 4) is 28.0 Å². The molecule has 0 saturated heterocycles.